The van der Waals surface area contributed by atoms with Crippen molar-refractivity contribution in [3.63, 3.8) is 0 Å². The van der Waals surface area contributed by atoms with E-state index < -0.39 is 0 Å². The fourth-order valence-electron chi connectivity index (χ4n) is 3.66. The second-order valence-electron chi connectivity index (χ2n) is 5.48. The van der Waals surface area contributed by atoms with Crippen LogP contribution < -0.4 is 10.2 Å². The molecule has 0 aromatic heterocycles. The summed E-state index contributed by atoms with van der Waals surface area (Å²) in [6.07, 6.45) is 1.14. The maximum absolute atomic E-state index is 9.33. The Hall–Kier alpha value is -1.05. The second kappa shape index (κ2) is 5.15. The molecular formula is C15H18BrN3. The summed E-state index contributed by atoms with van der Waals surface area (Å²) >= 11 is 3.53. The molecule has 100 valence electrons. The van der Waals surface area contributed by atoms with Crippen LogP contribution in [0.4, 0.5) is 5.69 Å². The van der Waals surface area contributed by atoms with Crippen LogP contribution in [0.3, 0.4) is 0 Å². The van der Waals surface area contributed by atoms with E-state index in [9.17, 15) is 5.26 Å². The number of rotatable bonds is 2. The molecule has 2 fully saturated rings. The van der Waals surface area contributed by atoms with Gasteiger partial charge in [0.15, 0.2) is 0 Å². The monoisotopic (exact) mass is 319 g/mol. The molecule has 1 aromatic carbocycles. The molecule has 0 bridgehead atoms. The summed E-state index contributed by atoms with van der Waals surface area (Å²) in [5.41, 5.74) is 1.88. The van der Waals surface area contributed by atoms with E-state index in [2.05, 4.69) is 45.2 Å². The van der Waals surface area contributed by atoms with Gasteiger partial charge in [-0.25, -0.2) is 0 Å². The van der Waals surface area contributed by atoms with Gasteiger partial charge < -0.3 is 10.2 Å². The summed E-state index contributed by atoms with van der Waals surface area (Å²) in [6.45, 7) is 5.56. The van der Waals surface area contributed by atoms with Crippen LogP contribution in [0.15, 0.2) is 22.7 Å². The van der Waals surface area contributed by atoms with Gasteiger partial charge in [-0.15, -0.1) is 0 Å². The summed E-state index contributed by atoms with van der Waals surface area (Å²) in [6, 6.07) is 8.84. The van der Waals surface area contributed by atoms with E-state index in [1.165, 1.54) is 0 Å². The van der Waals surface area contributed by atoms with E-state index in [1.807, 2.05) is 12.1 Å². The van der Waals surface area contributed by atoms with Gasteiger partial charge in [-0.2, -0.15) is 5.26 Å². The average Bonchev–Trinajstić information content (AvgIpc) is 2.98. The van der Waals surface area contributed by atoms with Crippen molar-refractivity contribution in [1.29, 1.82) is 5.26 Å². The SMILES string of the molecule is CCC1C2CNCC2CN1c1cc(Br)ccc1C#N. The summed E-state index contributed by atoms with van der Waals surface area (Å²) in [5.74, 6) is 1.46. The van der Waals surface area contributed by atoms with Crippen LogP contribution in [0.2, 0.25) is 0 Å². The summed E-state index contributed by atoms with van der Waals surface area (Å²) in [7, 11) is 0. The molecule has 2 saturated heterocycles. The fourth-order valence-corrected chi connectivity index (χ4v) is 4.01. The van der Waals surface area contributed by atoms with Crippen molar-refractivity contribution in [2.75, 3.05) is 24.5 Å². The molecule has 1 N–H and O–H groups in total. The maximum Gasteiger partial charge on any atom is 0.101 e. The van der Waals surface area contributed by atoms with E-state index in [0.29, 0.717) is 6.04 Å². The van der Waals surface area contributed by atoms with Gasteiger partial charge in [0.2, 0.25) is 0 Å². The Morgan fingerprint density at radius 3 is 3.05 bits per heavy atom. The molecule has 19 heavy (non-hydrogen) atoms. The zero-order valence-electron chi connectivity index (χ0n) is 11.1. The minimum atomic E-state index is 0.557. The minimum absolute atomic E-state index is 0.557. The molecular weight excluding hydrogens is 302 g/mol. The van der Waals surface area contributed by atoms with Crippen LogP contribution in [0.1, 0.15) is 18.9 Å². The fraction of sp³-hybridized carbons (Fsp3) is 0.533. The van der Waals surface area contributed by atoms with Gasteiger partial charge in [0.05, 0.1) is 11.3 Å². The molecule has 1 aromatic rings. The molecule has 2 heterocycles. The van der Waals surface area contributed by atoms with Gasteiger partial charge in [-0.3, -0.25) is 0 Å². The van der Waals surface area contributed by atoms with Crippen molar-refractivity contribution in [2.24, 2.45) is 11.8 Å². The largest absolute Gasteiger partial charge is 0.367 e. The van der Waals surface area contributed by atoms with Crippen LogP contribution in [-0.2, 0) is 0 Å². The highest BCUT2D eigenvalue weighted by Gasteiger charge is 2.43. The van der Waals surface area contributed by atoms with E-state index in [-0.39, 0.29) is 0 Å². The summed E-state index contributed by atoms with van der Waals surface area (Å²) < 4.78 is 1.05. The van der Waals surface area contributed by atoms with E-state index in [1.54, 1.807) is 0 Å². The Bertz CT molecular complexity index is 523. The highest BCUT2D eigenvalue weighted by Crippen LogP contribution is 2.39. The Morgan fingerprint density at radius 2 is 2.32 bits per heavy atom. The average molecular weight is 320 g/mol. The topological polar surface area (TPSA) is 39.1 Å². The smallest absolute Gasteiger partial charge is 0.101 e. The molecule has 3 atom stereocenters. The van der Waals surface area contributed by atoms with Crippen LogP contribution in [0.25, 0.3) is 0 Å². The number of nitrogens with zero attached hydrogens (tertiary/aromatic N) is 2. The highest BCUT2D eigenvalue weighted by molar-refractivity contribution is 9.10. The quantitative estimate of drug-likeness (QED) is 0.911. The predicted octanol–water partition coefficient (Wildman–Crippen LogP) is 2.75. The lowest BCUT2D eigenvalue weighted by molar-refractivity contribution is 0.442. The van der Waals surface area contributed by atoms with Gasteiger partial charge >= 0.3 is 0 Å². The molecule has 0 spiro atoms. The van der Waals surface area contributed by atoms with Crippen molar-refractivity contribution in [2.45, 2.75) is 19.4 Å². The minimum Gasteiger partial charge on any atom is -0.367 e. The van der Waals surface area contributed by atoms with Crippen molar-refractivity contribution in [1.82, 2.24) is 5.32 Å². The van der Waals surface area contributed by atoms with Crippen molar-refractivity contribution in [3.8, 4) is 6.07 Å². The highest BCUT2D eigenvalue weighted by atomic mass is 79.9. The van der Waals surface area contributed by atoms with Crippen LogP contribution in [0.5, 0.6) is 0 Å². The van der Waals surface area contributed by atoms with Crippen LogP contribution >= 0.6 is 15.9 Å². The molecule has 3 rings (SSSR count). The molecule has 2 aliphatic rings. The summed E-state index contributed by atoms with van der Waals surface area (Å²) in [4.78, 5) is 2.46. The third-order valence-corrected chi connectivity index (χ3v) is 5.02. The standard InChI is InChI=1S/C15H18BrN3/c1-2-14-13-8-18-7-11(13)9-19(14)15-5-12(16)4-3-10(15)6-17/h3-5,11,13-14,18H,2,7-9H2,1H3. The first kappa shape index (κ1) is 13.0. The van der Waals surface area contributed by atoms with Crippen LogP contribution in [-0.4, -0.2) is 25.7 Å². The molecule has 0 radical (unpaired) electrons. The number of benzene rings is 1. The first-order valence-electron chi connectivity index (χ1n) is 6.91. The molecule has 2 aliphatic heterocycles. The Kier molecular flexibility index (Phi) is 3.51. The van der Waals surface area contributed by atoms with Crippen LogP contribution in [0, 0.1) is 23.2 Å². The lowest BCUT2D eigenvalue weighted by Crippen LogP contribution is -2.35. The van der Waals surface area contributed by atoms with E-state index >= 15 is 0 Å². The Balaban J connectivity index is 1.98. The Labute approximate surface area is 122 Å². The molecule has 3 unspecified atom stereocenters. The van der Waals surface area contributed by atoms with Crippen molar-refractivity contribution < 1.29 is 0 Å². The van der Waals surface area contributed by atoms with Crippen molar-refractivity contribution >= 4 is 21.6 Å². The molecule has 0 saturated carbocycles. The molecule has 4 heteroatoms. The van der Waals surface area contributed by atoms with E-state index in [0.717, 1.165) is 53.6 Å². The number of hydrogen-bond donors (Lipinski definition) is 1. The van der Waals surface area contributed by atoms with Gasteiger partial charge in [-0.1, -0.05) is 22.9 Å². The molecule has 3 nitrogen and oxygen atoms in total. The zero-order valence-corrected chi connectivity index (χ0v) is 12.7. The third kappa shape index (κ3) is 2.15. The van der Waals surface area contributed by atoms with E-state index in [4.69, 9.17) is 0 Å². The van der Waals surface area contributed by atoms with Gasteiger partial charge in [0.1, 0.15) is 6.07 Å². The van der Waals surface area contributed by atoms with Gasteiger partial charge in [-0.05, 0) is 36.5 Å². The lowest BCUT2D eigenvalue weighted by atomic mass is 9.93. The summed E-state index contributed by atoms with van der Waals surface area (Å²) in [5, 5.41) is 12.8. The number of fused-ring (bicyclic) bond motifs is 1. The lowest BCUT2D eigenvalue weighted by Gasteiger charge is -2.29. The number of halogens is 1. The number of nitrogens with one attached hydrogen (secondary N) is 1. The molecule has 0 aliphatic carbocycles. The predicted molar refractivity (Wildman–Crippen MR) is 80.1 cm³/mol. The van der Waals surface area contributed by atoms with Gasteiger partial charge in [0.25, 0.3) is 0 Å². The zero-order chi connectivity index (χ0) is 13.4. The number of nitriles is 1. The second-order valence-corrected chi connectivity index (χ2v) is 6.40. The number of hydrogen-bond acceptors (Lipinski definition) is 3. The third-order valence-electron chi connectivity index (χ3n) is 4.53. The first-order valence-corrected chi connectivity index (χ1v) is 7.71. The first-order chi connectivity index (χ1) is 9.24. The normalized spacial score (nSPS) is 29.3. The molecule has 0 amide bonds. The number of anilines is 1. The van der Waals surface area contributed by atoms with Crippen molar-refractivity contribution in [3.05, 3.63) is 28.2 Å². The van der Waals surface area contributed by atoms with Gasteiger partial charge in [0, 0.05) is 30.1 Å². The maximum atomic E-state index is 9.33. The Morgan fingerprint density at radius 1 is 1.47 bits per heavy atom.